The molecule has 0 unspecified atom stereocenters. The fourth-order valence-corrected chi connectivity index (χ4v) is 1.23. The van der Waals surface area contributed by atoms with E-state index in [-0.39, 0.29) is 4.84 Å². The minimum Gasteiger partial charge on any atom is -0.497 e. The number of rotatable bonds is 2. The van der Waals surface area contributed by atoms with Crippen molar-refractivity contribution in [3.63, 3.8) is 0 Å². The average molecular weight is 208 g/mol. The lowest BCUT2D eigenvalue weighted by atomic mass is 10.2. The van der Waals surface area contributed by atoms with Gasteiger partial charge in [-0.15, -0.1) is 5.10 Å². The van der Waals surface area contributed by atoms with Gasteiger partial charge in [-0.3, -0.25) is 0 Å². The topological polar surface area (TPSA) is 51.0 Å². The first-order chi connectivity index (χ1) is 6.79. The quantitative estimate of drug-likeness (QED) is 0.770. The molecule has 1 aromatic carbocycles. The van der Waals surface area contributed by atoms with E-state index < -0.39 is 0 Å². The monoisotopic (exact) mass is 208 g/mol. The molecule has 0 aliphatic rings. The number of benzene rings is 1. The maximum absolute atomic E-state index is 5.16. The van der Waals surface area contributed by atoms with Gasteiger partial charge in [0, 0.05) is 5.56 Å². The van der Waals surface area contributed by atoms with Gasteiger partial charge in [-0.05, 0) is 30.4 Å². The van der Waals surface area contributed by atoms with Crippen molar-refractivity contribution in [2.75, 3.05) is 7.11 Å². The van der Waals surface area contributed by atoms with Gasteiger partial charge in [0.25, 0.3) is 4.84 Å². The zero-order valence-corrected chi connectivity index (χ0v) is 8.30. The number of ether oxygens (including phenoxy) is 1. The molecule has 2 rings (SSSR count). The molecule has 0 aliphatic heterocycles. The lowest BCUT2D eigenvalue weighted by molar-refractivity contribution is 0.414. The van der Waals surface area contributed by atoms with Crippen molar-refractivity contribution in [1.29, 1.82) is 0 Å². The Morgan fingerprint density at radius 3 is 3.00 bits per heavy atom. The summed E-state index contributed by atoms with van der Waals surface area (Å²) >= 11 is 4.78. The van der Waals surface area contributed by atoms with Crippen LogP contribution in [-0.2, 0) is 0 Å². The van der Waals surface area contributed by atoms with Crippen LogP contribution in [0.2, 0.25) is 0 Å². The number of nitrogens with one attached hydrogen (secondary N) is 1. The molecule has 14 heavy (non-hydrogen) atoms. The smallest absolute Gasteiger partial charge is 0.284 e. The SMILES string of the molecule is COc1cccc(-c2n[nH]c(=S)o2)c1. The fraction of sp³-hybridized carbons (Fsp3) is 0.111. The molecule has 1 aromatic heterocycles. The molecule has 4 nitrogen and oxygen atoms in total. The molecule has 0 atom stereocenters. The van der Waals surface area contributed by atoms with Crippen molar-refractivity contribution >= 4 is 12.2 Å². The highest BCUT2D eigenvalue weighted by Crippen LogP contribution is 2.21. The molecule has 0 fully saturated rings. The highest BCUT2D eigenvalue weighted by atomic mass is 32.1. The van der Waals surface area contributed by atoms with Gasteiger partial charge in [-0.1, -0.05) is 6.07 Å². The van der Waals surface area contributed by atoms with Crippen molar-refractivity contribution in [2.45, 2.75) is 0 Å². The summed E-state index contributed by atoms with van der Waals surface area (Å²) in [4.78, 5) is 0.266. The van der Waals surface area contributed by atoms with E-state index in [0.717, 1.165) is 11.3 Å². The summed E-state index contributed by atoms with van der Waals surface area (Å²) in [6.07, 6.45) is 0. The number of hydrogen-bond acceptors (Lipinski definition) is 4. The minimum absolute atomic E-state index is 0.266. The molecule has 0 saturated heterocycles. The Bertz CT molecular complexity index is 489. The summed E-state index contributed by atoms with van der Waals surface area (Å²) in [5.74, 6) is 1.22. The van der Waals surface area contributed by atoms with Crippen LogP contribution in [0.1, 0.15) is 0 Å². The Balaban J connectivity index is 2.46. The second-order valence-corrected chi connectivity index (χ2v) is 3.02. The van der Waals surface area contributed by atoms with E-state index in [9.17, 15) is 0 Å². The number of hydrogen-bond donors (Lipinski definition) is 1. The summed E-state index contributed by atoms with van der Waals surface area (Å²) in [7, 11) is 1.61. The summed E-state index contributed by atoms with van der Waals surface area (Å²) in [5.41, 5.74) is 0.830. The fourth-order valence-electron chi connectivity index (χ4n) is 1.11. The number of nitrogens with zero attached hydrogens (tertiary/aromatic N) is 1. The molecule has 0 radical (unpaired) electrons. The molecule has 0 saturated carbocycles. The van der Waals surface area contributed by atoms with Crippen LogP contribution in [0.3, 0.4) is 0 Å². The molecule has 0 aliphatic carbocycles. The van der Waals surface area contributed by atoms with Crippen LogP contribution < -0.4 is 4.74 Å². The van der Waals surface area contributed by atoms with Gasteiger partial charge in [0.05, 0.1) is 7.11 Å². The van der Waals surface area contributed by atoms with E-state index in [2.05, 4.69) is 10.2 Å². The molecular formula is C9H8N2O2S. The molecular weight excluding hydrogens is 200 g/mol. The third-order valence-electron chi connectivity index (χ3n) is 1.75. The Kier molecular flexibility index (Phi) is 2.32. The first-order valence-electron chi connectivity index (χ1n) is 3.99. The zero-order chi connectivity index (χ0) is 9.97. The van der Waals surface area contributed by atoms with E-state index in [1.165, 1.54) is 0 Å². The van der Waals surface area contributed by atoms with E-state index in [4.69, 9.17) is 21.4 Å². The second-order valence-electron chi connectivity index (χ2n) is 2.65. The van der Waals surface area contributed by atoms with E-state index in [0.29, 0.717) is 5.89 Å². The standard InChI is InChI=1S/C9H8N2O2S/c1-12-7-4-2-3-6(5-7)8-10-11-9(14)13-8/h2-5H,1H3,(H,11,14). The molecule has 5 heteroatoms. The zero-order valence-electron chi connectivity index (χ0n) is 7.48. The summed E-state index contributed by atoms with van der Waals surface area (Å²) in [6, 6.07) is 7.41. The largest absolute Gasteiger partial charge is 0.497 e. The van der Waals surface area contributed by atoms with Crippen LogP contribution in [0.4, 0.5) is 0 Å². The molecule has 0 amide bonds. The van der Waals surface area contributed by atoms with Crippen molar-refractivity contribution < 1.29 is 9.15 Å². The lowest BCUT2D eigenvalue weighted by Crippen LogP contribution is -1.83. The van der Waals surface area contributed by atoms with Crippen LogP contribution in [0.15, 0.2) is 28.7 Å². The van der Waals surface area contributed by atoms with Gasteiger partial charge in [0.2, 0.25) is 5.89 Å². The third kappa shape index (κ3) is 1.67. The molecule has 0 bridgehead atoms. The van der Waals surface area contributed by atoms with E-state index in [1.54, 1.807) is 7.11 Å². The van der Waals surface area contributed by atoms with Gasteiger partial charge in [-0.2, -0.15) is 0 Å². The number of aromatic nitrogens is 2. The molecule has 0 spiro atoms. The minimum atomic E-state index is 0.266. The Hall–Kier alpha value is -1.62. The van der Waals surface area contributed by atoms with Gasteiger partial charge < -0.3 is 9.15 Å². The third-order valence-corrected chi connectivity index (χ3v) is 1.93. The van der Waals surface area contributed by atoms with Crippen molar-refractivity contribution in [2.24, 2.45) is 0 Å². The molecule has 72 valence electrons. The Labute approximate surface area is 85.5 Å². The highest BCUT2D eigenvalue weighted by Gasteiger charge is 2.04. The van der Waals surface area contributed by atoms with Crippen molar-refractivity contribution in [3.8, 4) is 17.2 Å². The second kappa shape index (κ2) is 3.63. The predicted molar refractivity (Wildman–Crippen MR) is 53.7 cm³/mol. The number of H-pyrrole nitrogens is 1. The van der Waals surface area contributed by atoms with E-state index >= 15 is 0 Å². The normalized spacial score (nSPS) is 10.1. The first kappa shape index (κ1) is 8.96. The van der Waals surface area contributed by atoms with Gasteiger partial charge in [0.1, 0.15) is 5.75 Å². The lowest BCUT2D eigenvalue weighted by Gasteiger charge is -1.99. The van der Waals surface area contributed by atoms with Crippen molar-refractivity contribution in [1.82, 2.24) is 10.2 Å². The van der Waals surface area contributed by atoms with Crippen molar-refractivity contribution in [3.05, 3.63) is 29.1 Å². The Morgan fingerprint density at radius 2 is 2.36 bits per heavy atom. The van der Waals surface area contributed by atoms with Crippen LogP contribution >= 0.6 is 12.2 Å². The van der Waals surface area contributed by atoms with Gasteiger partial charge in [-0.25, -0.2) is 5.10 Å². The first-order valence-corrected chi connectivity index (χ1v) is 4.40. The van der Waals surface area contributed by atoms with E-state index in [1.807, 2.05) is 24.3 Å². The number of aromatic amines is 1. The van der Waals surface area contributed by atoms with Gasteiger partial charge in [0.15, 0.2) is 0 Å². The molecule has 1 heterocycles. The summed E-state index contributed by atoms with van der Waals surface area (Å²) in [5, 5.41) is 6.47. The van der Waals surface area contributed by atoms with Gasteiger partial charge >= 0.3 is 0 Å². The predicted octanol–water partition coefficient (Wildman–Crippen LogP) is 2.41. The van der Waals surface area contributed by atoms with Crippen LogP contribution in [-0.4, -0.2) is 17.3 Å². The average Bonchev–Trinajstić information content (AvgIpc) is 2.65. The van der Waals surface area contributed by atoms with Crippen LogP contribution in [0, 0.1) is 4.84 Å². The van der Waals surface area contributed by atoms with Crippen LogP contribution in [0.25, 0.3) is 11.5 Å². The number of methoxy groups -OCH3 is 1. The molecule has 2 aromatic rings. The Morgan fingerprint density at radius 1 is 1.50 bits per heavy atom. The van der Waals surface area contributed by atoms with Crippen LogP contribution in [0.5, 0.6) is 5.75 Å². The summed E-state index contributed by atoms with van der Waals surface area (Å²) < 4.78 is 10.2. The summed E-state index contributed by atoms with van der Waals surface area (Å²) in [6.45, 7) is 0. The molecule has 1 N–H and O–H groups in total. The maximum atomic E-state index is 5.16. The maximum Gasteiger partial charge on any atom is 0.284 e. The highest BCUT2D eigenvalue weighted by molar-refractivity contribution is 7.71.